The van der Waals surface area contributed by atoms with Crippen LogP contribution in [0.4, 0.5) is 5.00 Å². The Morgan fingerprint density at radius 3 is 2.42 bits per heavy atom. The number of thiophene rings is 1. The molecule has 2 N–H and O–H groups in total. The first kappa shape index (κ1) is 23.2. The molecular formula is C25H29N3O4S. The topological polar surface area (TPSA) is 83.8 Å². The van der Waals surface area contributed by atoms with Gasteiger partial charge in [0.25, 0.3) is 11.8 Å². The minimum atomic E-state index is -0.339. The maximum Gasteiger partial charge on any atom is 0.291 e. The lowest BCUT2D eigenvalue weighted by Gasteiger charge is -2.35. The number of carbonyl (C=O) groups excluding carboxylic acids is 2. The third kappa shape index (κ3) is 6.10. The molecule has 2 amide bonds. The fourth-order valence-electron chi connectivity index (χ4n) is 4.05. The van der Waals surface area contributed by atoms with E-state index < -0.39 is 0 Å². The molecule has 0 saturated carbocycles. The molecule has 0 aliphatic carbocycles. The smallest absolute Gasteiger partial charge is 0.291 e. The van der Waals surface area contributed by atoms with Gasteiger partial charge in [0.15, 0.2) is 5.76 Å². The average molecular weight is 468 g/mol. The van der Waals surface area contributed by atoms with Crippen molar-refractivity contribution in [3.63, 3.8) is 0 Å². The standard InChI is InChI=1S/C25H29N3O4S/c1-16-11-22(27-24(29)21-5-4-10-31-21)33-23(16)25(30)26-12-19-6-8-20(9-7-19)15-28-13-17(2)32-18(3)14-28/h4-11,17-18H,12-15H2,1-3H3,(H,26,30)(H,27,29). The van der Waals surface area contributed by atoms with Gasteiger partial charge in [-0.05, 0) is 55.7 Å². The molecule has 1 aliphatic heterocycles. The third-order valence-electron chi connectivity index (χ3n) is 5.48. The zero-order valence-corrected chi connectivity index (χ0v) is 19.9. The van der Waals surface area contributed by atoms with Gasteiger partial charge in [-0.25, -0.2) is 0 Å². The van der Waals surface area contributed by atoms with E-state index in [9.17, 15) is 9.59 Å². The maximum atomic E-state index is 12.7. The van der Waals surface area contributed by atoms with Gasteiger partial charge in [0, 0.05) is 26.2 Å². The number of hydrogen-bond donors (Lipinski definition) is 2. The minimum Gasteiger partial charge on any atom is -0.459 e. The summed E-state index contributed by atoms with van der Waals surface area (Å²) in [5, 5.41) is 6.36. The Kier molecular flexibility index (Phi) is 7.27. The van der Waals surface area contributed by atoms with Gasteiger partial charge in [0.05, 0.1) is 28.3 Å². The van der Waals surface area contributed by atoms with Crippen LogP contribution in [-0.2, 0) is 17.8 Å². The summed E-state index contributed by atoms with van der Waals surface area (Å²) in [5.41, 5.74) is 3.10. The number of hydrogen-bond acceptors (Lipinski definition) is 6. The van der Waals surface area contributed by atoms with Crippen molar-refractivity contribution in [2.24, 2.45) is 0 Å². The molecule has 1 saturated heterocycles. The van der Waals surface area contributed by atoms with E-state index >= 15 is 0 Å². The molecule has 2 unspecified atom stereocenters. The zero-order chi connectivity index (χ0) is 23.4. The molecule has 33 heavy (non-hydrogen) atoms. The summed E-state index contributed by atoms with van der Waals surface area (Å²) in [6.45, 7) is 9.29. The van der Waals surface area contributed by atoms with Crippen LogP contribution in [-0.4, -0.2) is 42.0 Å². The number of carbonyl (C=O) groups is 2. The van der Waals surface area contributed by atoms with Gasteiger partial charge in [-0.3, -0.25) is 14.5 Å². The van der Waals surface area contributed by atoms with Crippen LogP contribution in [0.15, 0.2) is 53.1 Å². The fraction of sp³-hybridized carbons (Fsp3) is 0.360. The van der Waals surface area contributed by atoms with Crippen molar-refractivity contribution < 1.29 is 18.7 Å². The summed E-state index contributed by atoms with van der Waals surface area (Å²) >= 11 is 1.25. The van der Waals surface area contributed by atoms with Crippen molar-refractivity contribution in [3.05, 3.63) is 76.1 Å². The first-order valence-electron chi connectivity index (χ1n) is 11.1. The third-order valence-corrected chi connectivity index (χ3v) is 6.63. The van der Waals surface area contributed by atoms with Crippen molar-refractivity contribution in [1.82, 2.24) is 10.2 Å². The van der Waals surface area contributed by atoms with E-state index in [2.05, 4.69) is 53.6 Å². The van der Waals surface area contributed by atoms with Crippen LogP contribution >= 0.6 is 11.3 Å². The molecule has 174 valence electrons. The Balaban J connectivity index is 1.29. The second-order valence-corrected chi connectivity index (χ2v) is 9.56. The van der Waals surface area contributed by atoms with Crippen LogP contribution in [0.25, 0.3) is 0 Å². The van der Waals surface area contributed by atoms with Crippen molar-refractivity contribution in [3.8, 4) is 0 Å². The van der Waals surface area contributed by atoms with Gasteiger partial charge in [0.2, 0.25) is 0 Å². The highest BCUT2D eigenvalue weighted by Gasteiger charge is 2.22. The monoisotopic (exact) mass is 467 g/mol. The second kappa shape index (κ2) is 10.3. The largest absolute Gasteiger partial charge is 0.459 e. The van der Waals surface area contributed by atoms with Crippen molar-refractivity contribution in [1.29, 1.82) is 0 Å². The molecule has 7 nitrogen and oxygen atoms in total. The highest BCUT2D eigenvalue weighted by molar-refractivity contribution is 7.18. The maximum absolute atomic E-state index is 12.7. The van der Waals surface area contributed by atoms with Gasteiger partial charge < -0.3 is 19.8 Å². The lowest BCUT2D eigenvalue weighted by molar-refractivity contribution is -0.0704. The van der Waals surface area contributed by atoms with Crippen molar-refractivity contribution in [2.75, 3.05) is 18.4 Å². The van der Waals surface area contributed by atoms with E-state index in [-0.39, 0.29) is 29.8 Å². The molecule has 0 radical (unpaired) electrons. The molecule has 1 aliphatic rings. The van der Waals surface area contributed by atoms with Gasteiger partial charge in [0.1, 0.15) is 0 Å². The molecule has 8 heteroatoms. The number of ether oxygens (including phenoxy) is 1. The minimum absolute atomic E-state index is 0.156. The lowest BCUT2D eigenvalue weighted by atomic mass is 10.1. The van der Waals surface area contributed by atoms with Gasteiger partial charge in [-0.15, -0.1) is 11.3 Å². The van der Waals surface area contributed by atoms with Gasteiger partial charge >= 0.3 is 0 Å². The summed E-state index contributed by atoms with van der Waals surface area (Å²) in [7, 11) is 0. The summed E-state index contributed by atoms with van der Waals surface area (Å²) in [5.74, 6) is -0.265. The summed E-state index contributed by atoms with van der Waals surface area (Å²) in [4.78, 5) is 27.9. The number of nitrogens with one attached hydrogen (secondary N) is 2. The van der Waals surface area contributed by atoms with Crippen LogP contribution in [0.3, 0.4) is 0 Å². The number of morpholine rings is 1. The number of furan rings is 1. The Bertz CT molecular complexity index is 1080. The predicted octanol–water partition coefficient (Wildman–Crippen LogP) is 4.44. The van der Waals surface area contributed by atoms with Gasteiger partial charge in [-0.1, -0.05) is 24.3 Å². The number of benzene rings is 1. The quantitative estimate of drug-likeness (QED) is 0.537. The second-order valence-electron chi connectivity index (χ2n) is 8.50. The average Bonchev–Trinajstić information content (AvgIpc) is 3.42. The van der Waals surface area contributed by atoms with Crippen molar-refractivity contribution >= 4 is 28.2 Å². The number of rotatable bonds is 7. The SMILES string of the molecule is Cc1cc(NC(=O)c2ccco2)sc1C(=O)NCc1ccc(CN2CC(C)OC(C)C2)cc1. The molecular weight excluding hydrogens is 438 g/mol. The number of anilines is 1. The Morgan fingerprint density at radius 1 is 1.06 bits per heavy atom. The van der Waals surface area contributed by atoms with Crippen LogP contribution in [0.2, 0.25) is 0 Å². The van der Waals surface area contributed by atoms with Crippen LogP contribution < -0.4 is 10.6 Å². The van der Waals surface area contributed by atoms with Crippen molar-refractivity contribution in [2.45, 2.75) is 46.1 Å². The van der Waals surface area contributed by atoms with E-state index in [0.717, 1.165) is 30.8 Å². The first-order chi connectivity index (χ1) is 15.9. The molecule has 0 spiro atoms. The molecule has 3 aromatic rings. The molecule has 1 fully saturated rings. The van der Waals surface area contributed by atoms with E-state index in [4.69, 9.17) is 9.15 Å². The molecule has 0 bridgehead atoms. The Labute approximate surface area is 197 Å². The first-order valence-corrected chi connectivity index (χ1v) is 11.9. The van der Waals surface area contributed by atoms with Crippen LogP contribution in [0.1, 0.15) is 50.8 Å². The van der Waals surface area contributed by atoms with E-state index in [1.54, 1.807) is 18.2 Å². The van der Waals surface area contributed by atoms with E-state index in [0.29, 0.717) is 16.4 Å². The Hall–Kier alpha value is -2.94. The lowest BCUT2D eigenvalue weighted by Crippen LogP contribution is -2.44. The highest BCUT2D eigenvalue weighted by atomic mass is 32.1. The predicted molar refractivity (Wildman–Crippen MR) is 129 cm³/mol. The summed E-state index contributed by atoms with van der Waals surface area (Å²) in [6, 6.07) is 13.4. The normalized spacial score (nSPS) is 18.8. The van der Waals surface area contributed by atoms with Crippen LogP contribution in [0, 0.1) is 6.92 Å². The summed E-state index contributed by atoms with van der Waals surface area (Å²) < 4.78 is 10.9. The van der Waals surface area contributed by atoms with E-state index in [1.165, 1.54) is 23.2 Å². The molecule has 2 aromatic heterocycles. The van der Waals surface area contributed by atoms with E-state index in [1.807, 2.05) is 6.92 Å². The summed E-state index contributed by atoms with van der Waals surface area (Å²) in [6.07, 6.45) is 1.95. The molecule has 3 heterocycles. The van der Waals surface area contributed by atoms with Crippen LogP contribution in [0.5, 0.6) is 0 Å². The zero-order valence-electron chi connectivity index (χ0n) is 19.1. The fourth-order valence-corrected chi connectivity index (χ4v) is 5.03. The number of amides is 2. The highest BCUT2D eigenvalue weighted by Crippen LogP contribution is 2.27. The number of nitrogens with zero attached hydrogens (tertiary/aromatic N) is 1. The number of aryl methyl sites for hydroxylation is 1. The Morgan fingerprint density at radius 2 is 1.76 bits per heavy atom. The molecule has 2 atom stereocenters. The molecule has 1 aromatic carbocycles. The van der Waals surface area contributed by atoms with Gasteiger partial charge in [-0.2, -0.15) is 0 Å². The molecule has 4 rings (SSSR count).